The van der Waals surface area contributed by atoms with Gasteiger partial charge in [-0.15, -0.1) is 0 Å². The van der Waals surface area contributed by atoms with E-state index in [0.29, 0.717) is 0 Å². The Bertz CT molecular complexity index is 635. The third kappa shape index (κ3) is 3.56. The minimum atomic E-state index is -3.65. The van der Waals surface area contributed by atoms with E-state index >= 15 is 0 Å². The van der Waals surface area contributed by atoms with Gasteiger partial charge in [-0.2, -0.15) is 8.42 Å². The van der Waals surface area contributed by atoms with Gasteiger partial charge in [0.25, 0.3) is 10.1 Å². The molecular formula is C13H14NaO3S. The van der Waals surface area contributed by atoms with E-state index in [1.807, 2.05) is 24.3 Å². The van der Waals surface area contributed by atoms with E-state index in [4.69, 9.17) is 4.18 Å². The second-order valence-electron chi connectivity index (χ2n) is 4.11. The van der Waals surface area contributed by atoms with Crippen LogP contribution in [-0.2, 0) is 14.3 Å². The van der Waals surface area contributed by atoms with Crippen LogP contribution in [0.25, 0.3) is 10.8 Å². The molecule has 0 aromatic heterocycles. The van der Waals surface area contributed by atoms with Crippen LogP contribution in [0, 0.1) is 0 Å². The third-order valence-electron chi connectivity index (χ3n) is 2.33. The molecule has 5 heteroatoms. The molecule has 0 saturated heterocycles. The van der Waals surface area contributed by atoms with Gasteiger partial charge in [0.1, 0.15) is 0 Å². The van der Waals surface area contributed by atoms with Crippen molar-refractivity contribution in [1.82, 2.24) is 0 Å². The molecule has 0 saturated carbocycles. The summed E-state index contributed by atoms with van der Waals surface area (Å²) >= 11 is 0. The minimum absolute atomic E-state index is 0. The summed E-state index contributed by atoms with van der Waals surface area (Å²) in [5.74, 6) is 0. The molecule has 2 aromatic rings. The van der Waals surface area contributed by atoms with Crippen molar-refractivity contribution in [2.24, 2.45) is 0 Å². The zero-order chi connectivity index (χ0) is 12.5. The number of rotatable bonds is 3. The Morgan fingerprint density at radius 3 is 2.22 bits per heavy atom. The SMILES string of the molecule is CC(C)OS(=O)(=O)c1ccc2ccccc2c1.[Na]. The summed E-state index contributed by atoms with van der Waals surface area (Å²) in [6.45, 7) is 3.39. The summed E-state index contributed by atoms with van der Waals surface area (Å²) in [6, 6.07) is 12.6. The molecule has 0 N–H and O–H groups in total. The first-order chi connectivity index (χ1) is 7.99. The Kier molecular flexibility index (Phi) is 5.37. The zero-order valence-electron chi connectivity index (χ0n) is 10.8. The van der Waals surface area contributed by atoms with Gasteiger partial charge in [0.05, 0.1) is 11.0 Å². The first kappa shape index (κ1) is 15.7. The maximum Gasteiger partial charge on any atom is 0.297 e. The molecule has 0 aliphatic carbocycles. The number of hydrogen-bond acceptors (Lipinski definition) is 3. The quantitative estimate of drug-likeness (QED) is 0.637. The van der Waals surface area contributed by atoms with Crippen LogP contribution in [0.5, 0.6) is 0 Å². The maximum atomic E-state index is 11.9. The normalized spacial score (nSPS) is 11.5. The molecule has 0 spiro atoms. The molecule has 3 nitrogen and oxygen atoms in total. The van der Waals surface area contributed by atoms with E-state index in [1.165, 1.54) is 0 Å². The molecule has 0 unspecified atom stereocenters. The van der Waals surface area contributed by atoms with E-state index in [2.05, 4.69) is 0 Å². The summed E-state index contributed by atoms with van der Waals surface area (Å²) < 4.78 is 28.7. The van der Waals surface area contributed by atoms with Crippen molar-refractivity contribution in [3.05, 3.63) is 42.5 Å². The largest absolute Gasteiger partial charge is 0.297 e. The van der Waals surface area contributed by atoms with Gasteiger partial charge in [-0.25, -0.2) is 0 Å². The fourth-order valence-corrected chi connectivity index (χ4v) is 2.76. The summed E-state index contributed by atoms with van der Waals surface area (Å²) in [4.78, 5) is 0.199. The third-order valence-corrected chi connectivity index (χ3v) is 3.80. The molecule has 0 bridgehead atoms. The van der Waals surface area contributed by atoms with Crippen LogP contribution in [0.1, 0.15) is 13.8 Å². The predicted molar refractivity (Wildman–Crippen MR) is 73.1 cm³/mol. The summed E-state index contributed by atoms with van der Waals surface area (Å²) in [5.41, 5.74) is 0. The first-order valence-electron chi connectivity index (χ1n) is 5.41. The van der Waals surface area contributed by atoms with Crippen LogP contribution >= 0.6 is 0 Å². The number of fused-ring (bicyclic) bond motifs is 1. The maximum absolute atomic E-state index is 11.9. The van der Waals surface area contributed by atoms with Gasteiger partial charge >= 0.3 is 0 Å². The van der Waals surface area contributed by atoms with Crippen molar-refractivity contribution in [2.75, 3.05) is 0 Å². The molecule has 1 radical (unpaired) electrons. The molecule has 91 valence electrons. The Labute approximate surface area is 130 Å². The van der Waals surface area contributed by atoms with E-state index in [0.717, 1.165) is 10.8 Å². The molecule has 0 aliphatic heterocycles. The number of hydrogen-bond donors (Lipinski definition) is 0. The average molecular weight is 273 g/mol. The Hall–Kier alpha value is -0.390. The van der Waals surface area contributed by atoms with Gasteiger partial charge in [0, 0.05) is 29.6 Å². The van der Waals surface area contributed by atoms with E-state index in [9.17, 15) is 8.42 Å². The molecule has 0 heterocycles. The smallest absolute Gasteiger partial charge is 0.264 e. The Morgan fingerprint density at radius 1 is 1.00 bits per heavy atom. The molecule has 0 fully saturated rings. The van der Waals surface area contributed by atoms with Crippen LogP contribution in [0.4, 0.5) is 0 Å². The van der Waals surface area contributed by atoms with E-state index in [1.54, 1.807) is 32.0 Å². The first-order valence-corrected chi connectivity index (χ1v) is 6.82. The van der Waals surface area contributed by atoms with Gasteiger partial charge < -0.3 is 0 Å². The van der Waals surface area contributed by atoms with Crippen molar-refractivity contribution >= 4 is 50.4 Å². The minimum Gasteiger partial charge on any atom is -0.264 e. The molecule has 2 aromatic carbocycles. The van der Waals surface area contributed by atoms with Crippen molar-refractivity contribution in [1.29, 1.82) is 0 Å². The van der Waals surface area contributed by atoms with Gasteiger partial charge in [0.2, 0.25) is 0 Å². The zero-order valence-corrected chi connectivity index (χ0v) is 13.6. The molecule has 18 heavy (non-hydrogen) atoms. The van der Waals surface area contributed by atoms with Crippen LogP contribution in [0.3, 0.4) is 0 Å². The van der Waals surface area contributed by atoms with Crippen molar-refractivity contribution < 1.29 is 12.6 Å². The second kappa shape index (κ2) is 6.17. The van der Waals surface area contributed by atoms with Crippen LogP contribution in [0.15, 0.2) is 47.4 Å². The van der Waals surface area contributed by atoms with Crippen LogP contribution in [-0.4, -0.2) is 44.1 Å². The van der Waals surface area contributed by atoms with E-state index < -0.39 is 10.1 Å². The molecular weight excluding hydrogens is 259 g/mol. The monoisotopic (exact) mass is 273 g/mol. The topological polar surface area (TPSA) is 43.4 Å². The molecule has 0 atom stereocenters. The molecule has 0 amide bonds. The Balaban J connectivity index is 0.00000162. The predicted octanol–water partition coefficient (Wildman–Crippen LogP) is 2.57. The van der Waals surface area contributed by atoms with Crippen molar-refractivity contribution in [3.63, 3.8) is 0 Å². The summed E-state index contributed by atoms with van der Waals surface area (Å²) in [5, 5.41) is 1.90. The van der Waals surface area contributed by atoms with Crippen LogP contribution < -0.4 is 0 Å². The van der Waals surface area contributed by atoms with Crippen LogP contribution in [0.2, 0.25) is 0 Å². The summed E-state index contributed by atoms with van der Waals surface area (Å²) in [7, 11) is -3.65. The second-order valence-corrected chi connectivity index (χ2v) is 5.68. The average Bonchev–Trinajstić information content (AvgIpc) is 2.26. The van der Waals surface area contributed by atoms with Crippen molar-refractivity contribution in [2.45, 2.75) is 24.8 Å². The van der Waals surface area contributed by atoms with Gasteiger partial charge in [0.15, 0.2) is 0 Å². The number of benzene rings is 2. The van der Waals surface area contributed by atoms with Gasteiger partial charge in [-0.1, -0.05) is 30.3 Å². The Morgan fingerprint density at radius 2 is 1.61 bits per heavy atom. The van der Waals surface area contributed by atoms with Crippen molar-refractivity contribution in [3.8, 4) is 0 Å². The fraction of sp³-hybridized carbons (Fsp3) is 0.231. The van der Waals surface area contributed by atoms with Gasteiger partial charge in [-0.05, 0) is 36.8 Å². The summed E-state index contributed by atoms with van der Waals surface area (Å²) in [6.07, 6.45) is -0.355. The fourth-order valence-electron chi connectivity index (χ4n) is 1.63. The van der Waals surface area contributed by atoms with Gasteiger partial charge in [-0.3, -0.25) is 4.18 Å². The van der Waals surface area contributed by atoms with E-state index in [-0.39, 0.29) is 40.6 Å². The molecule has 0 aliphatic rings. The standard InChI is InChI=1S/C13H14O3S.Na/c1-10(2)16-17(14,15)13-8-7-11-5-3-4-6-12(11)9-13;/h3-10H,1-2H3;. The molecule has 2 rings (SSSR count).